The fraction of sp³-hybridized carbons (Fsp3) is 0.435. The number of carbonyl (C=O) groups is 1. The number of carbonyl (C=O) groups excluding carboxylic acids is 1. The van der Waals surface area contributed by atoms with Gasteiger partial charge in [-0.15, -0.1) is 0 Å². The fourth-order valence-electron chi connectivity index (χ4n) is 4.01. The van der Waals surface area contributed by atoms with Crippen molar-refractivity contribution >= 4 is 5.97 Å². The number of halogens is 8. The van der Waals surface area contributed by atoms with Gasteiger partial charge in [-0.05, 0) is 38.5 Å². The summed E-state index contributed by atoms with van der Waals surface area (Å²) < 4.78 is 125. The molecule has 1 saturated carbocycles. The van der Waals surface area contributed by atoms with E-state index in [2.05, 4.69) is 9.47 Å². The standard InChI is InChI=1S/C23H20F8O3/c1-3-9-5-7-10(8-6-9)23(32)34-22-19(30)15(26)12(16(27)20(22)31)11-13(24)17(28)21(33-4-2)18(29)14(11)25/h9-10H,3-8H2,1-2H3/t9-,10-. The lowest BCUT2D eigenvalue weighted by atomic mass is 9.81. The van der Waals surface area contributed by atoms with Gasteiger partial charge < -0.3 is 9.47 Å². The van der Waals surface area contributed by atoms with Crippen molar-refractivity contribution in [1.82, 2.24) is 0 Å². The Morgan fingerprint density at radius 3 is 1.47 bits per heavy atom. The lowest BCUT2D eigenvalue weighted by Crippen LogP contribution is -2.26. The summed E-state index contributed by atoms with van der Waals surface area (Å²) in [7, 11) is 0. The Labute approximate surface area is 189 Å². The zero-order valence-corrected chi connectivity index (χ0v) is 18.1. The maximum Gasteiger partial charge on any atom is 0.314 e. The molecule has 0 atom stereocenters. The lowest BCUT2D eigenvalue weighted by molar-refractivity contribution is -0.140. The summed E-state index contributed by atoms with van der Waals surface area (Å²) in [5, 5.41) is 0. The van der Waals surface area contributed by atoms with Gasteiger partial charge in [0.1, 0.15) is 0 Å². The molecule has 0 spiro atoms. The highest BCUT2D eigenvalue weighted by atomic mass is 19.2. The van der Waals surface area contributed by atoms with E-state index in [4.69, 9.17) is 0 Å². The molecule has 0 aromatic heterocycles. The summed E-state index contributed by atoms with van der Waals surface area (Å²) in [5.74, 6) is -23.2. The average Bonchev–Trinajstić information content (AvgIpc) is 2.84. The molecule has 1 aliphatic carbocycles. The number of hydrogen-bond donors (Lipinski definition) is 0. The van der Waals surface area contributed by atoms with Crippen LogP contribution in [0.5, 0.6) is 11.5 Å². The van der Waals surface area contributed by atoms with Gasteiger partial charge in [-0.3, -0.25) is 4.79 Å². The second kappa shape index (κ2) is 10.2. The van der Waals surface area contributed by atoms with Crippen molar-refractivity contribution in [2.45, 2.75) is 46.0 Å². The SMILES string of the molecule is CCOc1c(F)c(F)c(-c2c(F)c(F)c(OC(=O)[C@H]3CC[C@H](CC)CC3)c(F)c2F)c(F)c1F. The molecule has 0 N–H and O–H groups in total. The first-order chi connectivity index (χ1) is 16.0. The first-order valence-electron chi connectivity index (χ1n) is 10.6. The first-order valence-corrected chi connectivity index (χ1v) is 10.6. The van der Waals surface area contributed by atoms with Crippen LogP contribution < -0.4 is 9.47 Å². The van der Waals surface area contributed by atoms with Gasteiger partial charge >= 0.3 is 5.97 Å². The summed E-state index contributed by atoms with van der Waals surface area (Å²) in [6.45, 7) is 2.79. The van der Waals surface area contributed by atoms with Crippen LogP contribution >= 0.6 is 0 Å². The monoisotopic (exact) mass is 496 g/mol. The summed E-state index contributed by atoms with van der Waals surface area (Å²) in [6, 6.07) is 0. The largest absolute Gasteiger partial charge is 0.488 e. The third-order valence-electron chi connectivity index (χ3n) is 5.94. The molecule has 0 radical (unpaired) electrons. The van der Waals surface area contributed by atoms with E-state index in [9.17, 15) is 39.9 Å². The molecule has 0 amide bonds. The third-order valence-corrected chi connectivity index (χ3v) is 5.94. The predicted molar refractivity (Wildman–Crippen MR) is 104 cm³/mol. The zero-order chi connectivity index (χ0) is 25.3. The normalized spacial score (nSPS) is 18.2. The number of benzene rings is 2. The Morgan fingerprint density at radius 2 is 1.09 bits per heavy atom. The summed E-state index contributed by atoms with van der Waals surface area (Å²) in [4.78, 5) is 12.3. The van der Waals surface area contributed by atoms with E-state index < -0.39 is 87.7 Å². The fourth-order valence-corrected chi connectivity index (χ4v) is 4.01. The number of rotatable bonds is 6. The summed E-state index contributed by atoms with van der Waals surface area (Å²) in [6.07, 6.45) is 2.85. The Bertz CT molecular complexity index is 1050. The predicted octanol–water partition coefficient (Wildman–Crippen LogP) is 6.99. The molecule has 0 heterocycles. The molecule has 0 aliphatic heterocycles. The molecule has 11 heteroatoms. The minimum atomic E-state index is -2.41. The molecular weight excluding hydrogens is 476 g/mol. The van der Waals surface area contributed by atoms with Crippen LogP contribution in [0.1, 0.15) is 46.0 Å². The summed E-state index contributed by atoms with van der Waals surface area (Å²) >= 11 is 0. The topological polar surface area (TPSA) is 35.5 Å². The zero-order valence-electron chi connectivity index (χ0n) is 18.1. The van der Waals surface area contributed by atoms with Crippen molar-refractivity contribution in [2.24, 2.45) is 11.8 Å². The van der Waals surface area contributed by atoms with Crippen molar-refractivity contribution in [1.29, 1.82) is 0 Å². The minimum absolute atomic E-state index is 0.338. The Hall–Kier alpha value is -2.85. The molecule has 186 valence electrons. The number of esters is 1. The van der Waals surface area contributed by atoms with Crippen LogP contribution in [0.3, 0.4) is 0 Å². The third kappa shape index (κ3) is 4.44. The highest BCUT2D eigenvalue weighted by Gasteiger charge is 2.36. The van der Waals surface area contributed by atoms with Crippen molar-refractivity contribution in [3.05, 3.63) is 46.5 Å². The van der Waals surface area contributed by atoms with Gasteiger partial charge in [-0.2, -0.15) is 17.6 Å². The Kier molecular flexibility index (Phi) is 7.72. The smallest absolute Gasteiger partial charge is 0.314 e. The van der Waals surface area contributed by atoms with Crippen LogP contribution in [-0.2, 0) is 4.79 Å². The van der Waals surface area contributed by atoms with Gasteiger partial charge in [-0.1, -0.05) is 13.3 Å². The van der Waals surface area contributed by atoms with Gasteiger partial charge in [-0.25, -0.2) is 17.6 Å². The van der Waals surface area contributed by atoms with Crippen LogP contribution in [0.25, 0.3) is 11.1 Å². The Morgan fingerprint density at radius 1 is 0.676 bits per heavy atom. The van der Waals surface area contributed by atoms with Crippen molar-refractivity contribution < 1.29 is 49.4 Å². The Balaban J connectivity index is 2.05. The van der Waals surface area contributed by atoms with Gasteiger partial charge in [0.25, 0.3) is 0 Å². The number of ether oxygens (including phenoxy) is 2. The molecule has 3 rings (SSSR count). The lowest BCUT2D eigenvalue weighted by Gasteiger charge is -2.26. The molecule has 3 nitrogen and oxygen atoms in total. The van der Waals surface area contributed by atoms with Crippen LogP contribution in [0.4, 0.5) is 35.1 Å². The van der Waals surface area contributed by atoms with Crippen LogP contribution in [0.2, 0.25) is 0 Å². The number of hydrogen-bond acceptors (Lipinski definition) is 3. The van der Waals surface area contributed by atoms with Crippen molar-refractivity contribution in [3.8, 4) is 22.6 Å². The van der Waals surface area contributed by atoms with E-state index in [0.717, 1.165) is 6.42 Å². The molecule has 34 heavy (non-hydrogen) atoms. The maximum atomic E-state index is 14.7. The van der Waals surface area contributed by atoms with Crippen LogP contribution in [0, 0.1) is 58.4 Å². The van der Waals surface area contributed by atoms with E-state index in [1.54, 1.807) is 0 Å². The van der Waals surface area contributed by atoms with Crippen LogP contribution in [-0.4, -0.2) is 12.6 Å². The highest BCUT2D eigenvalue weighted by molar-refractivity contribution is 5.76. The highest BCUT2D eigenvalue weighted by Crippen LogP contribution is 2.42. The van der Waals surface area contributed by atoms with Crippen molar-refractivity contribution in [3.63, 3.8) is 0 Å². The van der Waals surface area contributed by atoms with E-state index in [1.165, 1.54) is 6.92 Å². The van der Waals surface area contributed by atoms with Gasteiger partial charge in [0.15, 0.2) is 29.0 Å². The molecule has 1 fully saturated rings. The molecule has 0 saturated heterocycles. The van der Waals surface area contributed by atoms with Gasteiger partial charge in [0.2, 0.25) is 29.0 Å². The molecule has 0 bridgehead atoms. The molecule has 0 unspecified atom stereocenters. The van der Waals surface area contributed by atoms with E-state index in [1.807, 2.05) is 6.92 Å². The average molecular weight is 496 g/mol. The quantitative estimate of drug-likeness (QED) is 0.187. The molecular formula is C23H20F8O3. The maximum absolute atomic E-state index is 14.7. The summed E-state index contributed by atoms with van der Waals surface area (Å²) in [5.41, 5.74) is -4.07. The van der Waals surface area contributed by atoms with E-state index in [-0.39, 0.29) is 0 Å². The minimum Gasteiger partial charge on any atom is -0.488 e. The molecule has 1 aliphatic rings. The van der Waals surface area contributed by atoms with Crippen molar-refractivity contribution in [2.75, 3.05) is 6.61 Å². The van der Waals surface area contributed by atoms with E-state index in [0.29, 0.717) is 31.6 Å². The second-order valence-corrected chi connectivity index (χ2v) is 7.90. The van der Waals surface area contributed by atoms with E-state index >= 15 is 0 Å². The van der Waals surface area contributed by atoms with Gasteiger partial charge in [0, 0.05) is 0 Å². The van der Waals surface area contributed by atoms with Gasteiger partial charge in [0.05, 0.1) is 23.7 Å². The second-order valence-electron chi connectivity index (χ2n) is 7.90. The molecule has 2 aromatic rings. The van der Waals surface area contributed by atoms with Crippen LogP contribution in [0.15, 0.2) is 0 Å². The molecule has 2 aromatic carbocycles. The first kappa shape index (κ1) is 25.8.